The zero-order valence-corrected chi connectivity index (χ0v) is 5.70. The van der Waals surface area contributed by atoms with Crippen molar-refractivity contribution in [2.45, 2.75) is 0 Å². The van der Waals surface area contributed by atoms with Gasteiger partial charge in [-0.3, -0.25) is 4.79 Å². The summed E-state index contributed by atoms with van der Waals surface area (Å²) in [7, 11) is 0. The summed E-state index contributed by atoms with van der Waals surface area (Å²) in [5.41, 5.74) is 0. The number of isocyanates is 1. The maximum Gasteiger partial charge on any atom is 2.00 e. The van der Waals surface area contributed by atoms with E-state index in [4.69, 9.17) is 10.2 Å². The summed E-state index contributed by atoms with van der Waals surface area (Å²) >= 11 is 0. The smallest absolute Gasteiger partial charge is 0.724 e. The molecule has 28 valence electrons. The topological polar surface area (TPSA) is 39.4 Å². The third-order valence-corrected chi connectivity index (χ3v) is 0. The molecule has 0 saturated carbocycles. The maximum absolute atomic E-state index is 8.24. The van der Waals surface area contributed by atoms with E-state index in [1.807, 2.05) is 0 Å². The van der Waals surface area contributed by atoms with Crippen molar-refractivity contribution in [2.75, 3.05) is 0 Å². The second-order valence-electron chi connectivity index (χ2n) is 0.0913. The molecule has 0 aliphatic heterocycles. The van der Waals surface area contributed by atoms with Crippen LogP contribution in [-0.2, 0) is 25.9 Å². The second-order valence-corrected chi connectivity index (χ2v) is 0.0913. The number of carbonyl (C=O) groups excluding carboxylic acids is 1. The predicted octanol–water partition coefficient (Wildman–Crippen LogP) is 0.339. The van der Waals surface area contributed by atoms with Crippen molar-refractivity contribution >= 4 is 6.08 Å². The van der Waals surface area contributed by atoms with Gasteiger partial charge in [-0.05, 0) is 6.08 Å². The Morgan fingerprint density at radius 2 is 1.60 bits per heavy atom. The third-order valence-electron chi connectivity index (χ3n) is 0. The van der Waals surface area contributed by atoms with Gasteiger partial charge in [0, 0.05) is 0 Å². The monoisotopic (exact) mass is 241 g/mol. The van der Waals surface area contributed by atoms with Crippen LogP contribution in [-0.4, -0.2) is 6.08 Å². The minimum Gasteiger partial charge on any atom is -0.724 e. The normalized spacial score (nSPS) is 1.60. The van der Waals surface area contributed by atoms with Gasteiger partial charge in [0.1, 0.15) is 0 Å². The van der Waals surface area contributed by atoms with Crippen LogP contribution in [0.2, 0.25) is 0 Å². The third kappa shape index (κ3) is 3730. The molecule has 0 rings (SSSR count). The molecule has 0 saturated heterocycles. The average molecular weight is 241 g/mol. The van der Waals surface area contributed by atoms with E-state index in [1.54, 1.807) is 0 Å². The van der Waals surface area contributed by atoms with E-state index >= 15 is 0 Å². The molecule has 0 heterocycles. The molecule has 5 heavy (non-hydrogen) atoms. The molecule has 0 aromatic rings. The average Bonchev–Trinajstić information content (AvgIpc) is 0.918. The fourth-order valence-corrected chi connectivity index (χ4v) is 0. The molecule has 0 aliphatic carbocycles. The molecular formula is C2H3NOW. The Morgan fingerprint density at radius 3 is 1.60 bits per heavy atom. The standard InChI is InChI=1S/CNO.CH3.W/c2-1-3;;/h;1H3;/q2*-1;+2. The largest absolute Gasteiger partial charge is 2.00 e. The van der Waals surface area contributed by atoms with Crippen LogP contribution in [0.1, 0.15) is 0 Å². The second kappa shape index (κ2) is 33.6. The van der Waals surface area contributed by atoms with Gasteiger partial charge < -0.3 is 12.8 Å². The predicted molar refractivity (Wildman–Crippen MR) is 15.5 cm³/mol. The van der Waals surface area contributed by atoms with E-state index in [9.17, 15) is 0 Å². The first-order valence-corrected chi connectivity index (χ1v) is 0.428. The summed E-state index contributed by atoms with van der Waals surface area (Å²) in [5, 5.41) is 6.76. The van der Waals surface area contributed by atoms with E-state index in [0.29, 0.717) is 6.08 Å². The zero-order valence-electron chi connectivity index (χ0n) is 2.76. The molecule has 0 radical (unpaired) electrons. The number of hydrogen-bond acceptors (Lipinski definition) is 1. The van der Waals surface area contributed by atoms with Gasteiger partial charge in [0.2, 0.25) is 0 Å². The Hall–Kier alpha value is 0.0683. The summed E-state index contributed by atoms with van der Waals surface area (Å²) in [6.07, 6.45) is 0.500. The van der Waals surface area contributed by atoms with Gasteiger partial charge in [-0.2, -0.15) is 0 Å². The van der Waals surface area contributed by atoms with Crippen LogP contribution in [0, 0.1) is 7.43 Å². The first-order chi connectivity index (χ1) is 1.41. The molecule has 0 spiro atoms. The summed E-state index contributed by atoms with van der Waals surface area (Å²) in [6, 6.07) is 0. The minimum atomic E-state index is 0. The van der Waals surface area contributed by atoms with Gasteiger partial charge in [0.25, 0.3) is 0 Å². The van der Waals surface area contributed by atoms with Crippen molar-refractivity contribution in [3.63, 3.8) is 0 Å². The molecular weight excluding hydrogens is 238 g/mol. The van der Waals surface area contributed by atoms with E-state index in [0.717, 1.165) is 0 Å². The Bertz CT molecular complexity index is 30.6. The zero-order chi connectivity index (χ0) is 2.71. The van der Waals surface area contributed by atoms with Crippen molar-refractivity contribution in [3.8, 4) is 0 Å². The van der Waals surface area contributed by atoms with E-state index in [-0.39, 0.29) is 28.5 Å². The van der Waals surface area contributed by atoms with Crippen molar-refractivity contribution in [3.05, 3.63) is 12.8 Å². The molecule has 0 unspecified atom stereocenters. The fourth-order valence-electron chi connectivity index (χ4n) is 0. The van der Waals surface area contributed by atoms with Gasteiger partial charge >= 0.3 is 21.1 Å². The minimum absolute atomic E-state index is 0. The van der Waals surface area contributed by atoms with Crippen molar-refractivity contribution in [1.82, 2.24) is 0 Å². The fraction of sp³-hybridized carbons (Fsp3) is 0. The number of rotatable bonds is 0. The Kier molecular flexibility index (Phi) is 132. The molecule has 0 fully saturated rings. The molecule has 0 aromatic carbocycles. The molecule has 0 bridgehead atoms. The van der Waals surface area contributed by atoms with E-state index < -0.39 is 0 Å². The Labute approximate surface area is 45.3 Å². The maximum atomic E-state index is 8.24. The Morgan fingerprint density at radius 1 is 1.60 bits per heavy atom. The first kappa shape index (κ1) is 19.6. The molecule has 2 nitrogen and oxygen atoms in total. The van der Waals surface area contributed by atoms with Crippen molar-refractivity contribution < 1.29 is 25.9 Å². The van der Waals surface area contributed by atoms with Crippen molar-refractivity contribution in [1.29, 1.82) is 0 Å². The van der Waals surface area contributed by atoms with Gasteiger partial charge in [-0.15, -0.1) is 0 Å². The summed E-state index contributed by atoms with van der Waals surface area (Å²) < 4.78 is 0. The molecule has 0 amide bonds. The number of nitrogens with zero attached hydrogens (tertiary/aromatic N) is 1. The summed E-state index contributed by atoms with van der Waals surface area (Å²) in [6.45, 7) is 0. The van der Waals surface area contributed by atoms with Gasteiger partial charge in [-0.25, -0.2) is 0 Å². The quantitative estimate of drug-likeness (QED) is 0.342. The SMILES string of the molecule is [CH3-].[N-]=C=O.[W+2]. The number of hydrogen-bond donors (Lipinski definition) is 0. The molecule has 0 N–H and O–H groups in total. The molecule has 3 heteroatoms. The van der Waals surface area contributed by atoms with E-state index in [2.05, 4.69) is 0 Å². The molecule has 0 aromatic heterocycles. The van der Waals surface area contributed by atoms with E-state index in [1.165, 1.54) is 0 Å². The van der Waals surface area contributed by atoms with Crippen molar-refractivity contribution in [2.24, 2.45) is 0 Å². The van der Waals surface area contributed by atoms with Crippen LogP contribution in [0.3, 0.4) is 0 Å². The summed E-state index contributed by atoms with van der Waals surface area (Å²) in [4.78, 5) is 8.24. The van der Waals surface area contributed by atoms with Crippen LogP contribution < -0.4 is 0 Å². The molecule has 0 aliphatic rings. The van der Waals surface area contributed by atoms with Crippen LogP contribution in [0.4, 0.5) is 0 Å². The first-order valence-electron chi connectivity index (χ1n) is 0.428. The Balaban J connectivity index is -0.0000000200. The van der Waals surface area contributed by atoms with Crippen LogP contribution in [0.5, 0.6) is 0 Å². The van der Waals surface area contributed by atoms with Gasteiger partial charge in [0.15, 0.2) is 0 Å². The van der Waals surface area contributed by atoms with Gasteiger partial charge in [-0.1, -0.05) is 0 Å². The summed E-state index contributed by atoms with van der Waals surface area (Å²) in [5.74, 6) is 0. The van der Waals surface area contributed by atoms with Crippen LogP contribution in [0.25, 0.3) is 5.41 Å². The van der Waals surface area contributed by atoms with Gasteiger partial charge in [0.05, 0.1) is 0 Å². The molecule has 0 atom stereocenters. The van der Waals surface area contributed by atoms with Crippen LogP contribution >= 0.6 is 0 Å². The van der Waals surface area contributed by atoms with Crippen LogP contribution in [0.15, 0.2) is 0 Å².